The second-order valence-electron chi connectivity index (χ2n) is 6.79. The average molecular weight is 333 g/mol. The van der Waals surface area contributed by atoms with E-state index in [1.54, 1.807) is 0 Å². The fourth-order valence-electron chi connectivity index (χ4n) is 3.08. The molecule has 0 aromatic rings. The third-order valence-corrected chi connectivity index (χ3v) is 4.56. The van der Waals surface area contributed by atoms with Crippen LogP contribution in [-0.2, 0) is 14.4 Å². The summed E-state index contributed by atoms with van der Waals surface area (Å²) in [5.41, 5.74) is 0. The van der Waals surface area contributed by atoms with Crippen LogP contribution in [0.15, 0.2) is 0 Å². The van der Waals surface area contributed by atoms with Gasteiger partial charge in [-0.05, 0) is 51.0 Å². The molecule has 1 saturated carbocycles. The number of carbonyl (C=O) groups excluding carboxylic acids is 2. The molecule has 6 heteroatoms. The van der Waals surface area contributed by atoms with E-state index in [1.165, 1.54) is 5.06 Å². The van der Waals surface area contributed by atoms with Gasteiger partial charge in [-0.2, -0.15) is 5.06 Å². The fraction of sp³-hybridized carbons (Fsp3) is 0.875. The third-order valence-electron chi connectivity index (χ3n) is 4.56. The van der Waals surface area contributed by atoms with E-state index in [0.717, 1.165) is 45.1 Å². The van der Waals surface area contributed by atoms with Gasteiger partial charge in [0.1, 0.15) is 6.04 Å². The van der Waals surface area contributed by atoms with Gasteiger partial charge in [0.25, 0.3) is 5.91 Å². The van der Waals surface area contributed by atoms with Crippen LogP contribution in [0.4, 0.5) is 0 Å². The van der Waals surface area contributed by atoms with Gasteiger partial charge in [-0.3, -0.25) is 4.79 Å². The lowest BCUT2D eigenvalue weighted by Crippen LogP contribution is -2.48. The molecule has 0 aromatic carbocycles. The van der Waals surface area contributed by atoms with Gasteiger partial charge in [0, 0.05) is 5.92 Å². The summed E-state index contributed by atoms with van der Waals surface area (Å²) >= 11 is 0. The van der Waals surface area contributed by atoms with Gasteiger partial charge in [0.2, 0.25) is 0 Å². The maximum absolute atomic E-state index is 12.4. The molecule has 0 radical (unpaired) electrons. The van der Waals surface area contributed by atoms with E-state index in [2.05, 4.69) is 12.2 Å². The predicted molar refractivity (Wildman–Crippen MR) is 87.5 cm³/mol. The van der Waals surface area contributed by atoms with Crippen LogP contribution in [0.3, 0.4) is 0 Å². The molecule has 1 aliphatic carbocycles. The minimum absolute atomic E-state index is 0. The molecule has 1 N–H and O–H groups in total. The number of hydrogen-bond donors (Lipinski definition) is 1. The Labute approximate surface area is 139 Å². The van der Waals surface area contributed by atoms with E-state index in [9.17, 15) is 9.59 Å². The second-order valence-corrected chi connectivity index (χ2v) is 6.79. The van der Waals surface area contributed by atoms with E-state index in [4.69, 9.17) is 4.84 Å². The standard InChI is InChI=1S/C16H28N2O3.ClH/c1-11(2)15(19)18(13-8-6-12(3)7-9-13)21-16(20)14-5-4-10-17-14;/h11-14,17H,4-10H2,1-3H3;1H. The van der Waals surface area contributed by atoms with Gasteiger partial charge in [-0.15, -0.1) is 12.4 Å². The SMILES string of the molecule is CC1CCC(N(OC(=O)C2CCCN2)C(=O)C(C)C)CC1.Cl. The molecule has 0 spiro atoms. The van der Waals surface area contributed by atoms with Crippen LogP contribution < -0.4 is 5.32 Å². The van der Waals surface area contributed by atoms with Crippen molar-refractivity contribution in [1.29, 1.82) is 0 Å². The van der Waals surface area contributed by atoms with Crippen molar-refractivity contribution >= 4 is 24.3 Å². The van der Waals surface area contributed by atoms with Gasteiger partial charge in [-0.25, -0.2) is 4.79 Å². The largest absolute Gasteiger partial charge is 0.349 e. The Bertz CT molecular complexity index is 376. The normalized spacial score (nSPS) is 28.1. The molecule has 1 amide bonds. The first kappa shape index (κ1) is 19.2. The highest BCUT2D eigenvalue weighted by atomic mass is 35.5. The van der Waals surface area contributed by atoms with Gasteiger partial charge in [-0.1, -0.05) is 20.8 Å². The first-order chi connectivity index (χ1) is 9.99. The van der Waals surface area contributed by atoms with Crippen LogP contribution in [0.1, 0.15) is 59.3 Å². The molecular weight excluding hydrogens is 304 g/mol. The summed E-state index contributed by atoms with van der Waals surface area (Å²) in [5, 5.41) is 4.52. The van der Waals surface area contributed by atoms with Gasteiger partial charge in [0.05, 0.1) is 6.04 Å². The topological polar surface area (TPSA) is 58.6 Å². The zero-order valence-electron chi connectivity index (χ0n) is 13.8. The van der Waals surface area contributed by atoms with E-state index in [-0.39, 0.29) is 42.3 Å². The summed E-state index contributed by atoms with van der Waals surface area (Å²) in [6.45, 7) is 6.78. The van der Waals surface area contributed by atoms with Gasteiger partial charge >= 0.3 is 5.97 Å². The van der Waals surface area contributed by atoms with Crippen LogP contribution in [-0.4, -0.2) is 35.6 Å². The van der Waals surface area contributed by atoms with Crippen molar-refractivity contribution < 1.29 is 14.4 Å². The monoisotopic (exact) mass is 332 g/mol. The number of hydroxylamine groups is 2. The van der Waals surface area contributed by atoms with Crippen molar-refractivity contribution in [2.45, 2.75) is 71.4 Å². The number of amides is 1. The van der Waals surface area contributed by atoms with Crippen molar-refractivity contribution in [1.82, 2.24) is 10.4 Å². The van der Waals surface area contributed by atoms with E-state index < -0.39 is 0 Å². The lowest BCUT2D eigenvalue weighted by molar-refractivity contribution is -0.213. The maximum Gasteiger partial charge on any atom is 0.349 e. The summed E-state index contributed by atoms with van der Waals surface area (Å²) < 4.78 is 0. The molecule has 1 heterocycles. The Kier molecular flexibility index (Phi) is 7.63. The highest BCUT2D eigenvalue weighted by Crippen LogP contribution is 2.28. The second kappa shape index (κ2) is 8.73. The van der Waals surface area contributed by atoms with Crippen LogP contribution in [0.25, 0.3) is 0 Å². The van der Waals surface area contributed by atoms with Crippen LogP contribution >= 0.6 is 12.4 Å². The van der Waals surface area contributed by atoms with Crippen LogP contribution in [0.2, 0.25) is 0 Å². The molecule has 5 nitrogen and oxygen atoms in total. The fourth-order valence-corrected chi connectivity index (χ4v) is 3.08. The Balaban J connectivity index is 0.00000242. The molecule has 128 valence electrons. The Morgan fingerprint density at radius 2 is 1.77 bits per heavy atom. The van der Waals surface area contributed by atoms with E-state index >= 15 is 0 Å². The molecule has 22 heavy (non-hydrogen) atoms. The molecule has 0 aromatic heterocycles. The Morgan fingerprint density at radius 3 is 2.27 bits per heavy atom. The van der Waals surface area contributed by atoms with Crippen molar-refractivity contribution in [3.8, 4) is 0 Å². The number of nitrogens with zero attached hydrogens (tertiary/aromatic N) is 1. The maximum atomic E-state index is 12.4. The quantitative estimate of drug-likeness (QED) is 0.807. The van der Waals surface area contributed by atoms with Crippen molar-refractivity contribution in [2.75, 3.05) is 6.54 Å². The number of halogens is 1. The predicted octanol–water partition coefficient (Wildman–Crippen LogP) is 2.68. The molecule has 1 unspecified atom stereocenters. The number of hydrogen-bond acceptors (Lipinski definition) is 4. The highest BCUT2D eigenvalue weighted by Gasteiger charge is 2.34. The van der Waals surface area contributed by atoms with Crippen LogP contribution in [0.5, 0.6) is 0 Å². The molecule has 2 rings (SSSR count). The number of carbonyl (C=O) groups is 2. The minimum Gasteiger partial charge on any atom is -0.336 e. The van der Waals surface area contributed by atoms with Crippen LogP contribution in [0, 0.1) is 11.8 Å². The lowest BCUT2D eigenvalue weighted by Gasteiger charge is -2.35. The Hall–Kier alpha value is -0.810. The van der Waals surface area contributed by atoms with Crippen molar-refractivity contribution in [2.24, 2.45) is 11.8 Å². The minimum atomic E-state index is -0.305. The highest BCUT2D eigenvalue weighted by molar-refractivity contribution is 5.85. The first-order valence-corrected chi connectivity index (χ1v) is 8.27. The Morgan fingerprint density at radius 1 is 1.14 bits per heavy atom. The summed E-state index contributed by atoms with van der Waals surface area (Å²) in [6, 6.07) is -0.212. The summed E-state index contributed by atoms with van der Waals surface area (Å²) in [6.07, 6.45) is 5.80. The summed E-state index contributed by atoms with van der Waals surface area (Å²) in [5.74, 6) is 0.152. The van der Waals surface area contributed by atoms with E-state index in [1.807, 2.05) is 13.8 Å². The molecule has 2 fully saturated rings. The molecule has 1 atom stereocenters. The summed E-state index contributed by atoms with van der Waals surface area (Å²) in [7, 11) is 0. The molecule has 1 aliphatic heterocycles. The lowest BCUT2D eigenvalue weighted by atomic mass is 9.87. The first-order valence-electron chi connectivity index (χ1n) is 8.27. The zero-order chi connectivity index (χ0) is 15.4. The number of rotatable bonds is 3. The van der Waals surface area contributed by atoms with Gasteiger partial charge < -0.3 is 10.2 Å². The molecular formula is C16H29ClN2O3. The van der Waals surface area contributed by atoms with E-state index in [0.29, 0.717) is 5.92 Å². The van der Waals surface area contributed by atoms with Crippen molar-refractivity contribution in [3.63, 3.8) is 0 Å². The molecule has 1 saturated heterocycles. The smallest absolute Gasteiger partial charge is 0.336 e. The third kappa shape index (κ3) is 4.85. The van der Waals surface area contributed by atoms with Gasteiger partial charge in [0.15, 0.2) is 0 Å². The average Bonchev–Trinajstić information content (AvgIpc) is 2.99. The zero-order valence-corrected chi connectivity index (χ0v) is 14.7. The molecule has 0 bridgehead atoms. The number of nitrogens with one attached hydrogen (secondary N) is 1. The molecule has 2 aliphatic rings. The van der Waals surface area contributed by atoms with Crippen molar-refractivity contribution in [3.05, 3.63) is 0 Å². The summed E-state index contributed by atoms with van der Waals surface area (Å²) in [4.78, 5) is 30.1.